The Hall–Kier alpha value is -2.40. The fraction of sp³-hybridized carbons (Fsp3) is 0.133. The minimum absolute atomic E-state index is 0.0186. The first-order valence-electron chi connectivity index (χ1n) is 6.10. The summed E-state index contributed by atoms with van der Waals surface area (Å²) in [7, 11) is 1.45. The summed E-state index contributed by atoms with van der Waals surface area (Å²) in [4.78, 5) is 11.2. The van der Waals surface area contributed by atoms with E-state index in [4.69, 9.17) is 16.3 Å². The number of methoxy groups -OCH3 is 1. The van der Waals surface area contributed by atoms with Gasteiger partial charge >= 0.3 is 5.97 Å². The van der Waals surface area contributed by atoms with Crippen molar-refractivity contribution in [2.45, 2.75) is 6.92 Å². The Balaban J connectivity index is 2.48. The van der Waals surface area contributed by atoms with E-state index in [9.17, 15) is 15.0 Å². The van der Waals surface area contributed by atoms with Crippen molar-refractivity contribution in [3.05, 3.63) is 46.5 Å². The SMILES string of the molecule is COc1c(O)ccc(Nc2cc(Cl)ccc2C(=O)O)c1C. The van der Waals surface area contributed by atoms with Crippen LogP contribution in [0.5, 0.6) is 11.5 Å². The number of benzene rings is 2. The van der Waals surface area contributed by atoms with Crippen molar-refractivity contribution in [1.29, 1.82) is 0 Å². The van der Waals surface area contributed by atoms with E-state index in [1.54, 1.807) is 13.0 Å². The molecule has 0 aromatic heterocycles. The van der Waals surface area contributed by atoms with Crippen LogP contribution in [-0.2, 0) is 0 Å². The molecule has 0 heterocycles. The summed E-state index contributed by atoms with van der Waals surface area (Å²) in [6, 6.07) is 7.59. The van der Waals surface area contributed by atoms with Crippen molar-refractivity contribution < 1.29 is 19.7 Å². The quantitative estimate of drug-likeness (QED) is 0.749. The van der Waals surface area contributed by atoms with E-state index in [1.807, 2.05) is 0 Å². The highest BCUT2D eigenvalue weighted by Gasteiger charge is 2.14. The molecule has 0 fully saturated rings. The lowest BCUT2D eigenvalue weighted by Crippen LogP contribution is -2.04. The second-order valence-electron chi connectivity index (χ2n) is 4.41. The number of rotatable bonds is 4. The van der Waals surface area contributed by atoms with Crippen molar-refractivity contribution >= 4 is 28.9 Å². The number of carboxylic acids is 1. The maximum atomic E-state index is 11.2. The molecule has 5 nitrogen and oxygen atoms in total. The monoisotopic (exact) mass is 307 g/mol. The molecule has 0 radical (unpaired) electrons. The van der Waals surface area contributed by atoms with Gasteiger partial charge in [-0.3, -0.25) is 0 Å². The van der Waals surface area contributed by atoms with Gasteiger partial charge in [-0.25, -0.2) is 4.79 Å². The number of phenolic OH excluding ortho intramolecular Hbond substituents is 1. The van der Waals surface area contributed by atoms with Gasteiger partial charge < -0.3 is 20.3 Å². The van der Waals surface area contributed by atoms with Crippen LogP contribution >= 0.6 is 11.6 Å². The third-order valence-electron chi connectivity index (χ3n) is 3.07. The van der Waals surface area contributed by atoms with Crippen LogP contribution in [0.2, 0.25) is 5.02 Å². The molecule has 0 saturated heterocycles. The van der Waals surface area contributed by atoms with Crippen molar-refractivity contribution in [1.82, 2.24) is 0 Å². The van der Waals surface area contributed by atoms with Gasteiger partial charge in [0, 0.05) is 16.3 Å². The first-order chi connectivity index (χ1) is 9.93. The van der Waals surface area contributed by atoms with Gasteiger partial charge in [0.15, 0.2) is 11.5 Å². The van der Waals surface area contributed by atoms with Gasteiger partial charge in [-0.15, -0.1) is 0 Å². The highest BCUT2D eigenvalue weighted by Crippen LogP contribution is 2.36. The van der Waals surface area contributed by atoms with E-state index in [1.165, 1.54) is 31.4 Å². The Kier molecular flexibility index (Phi) is 4.23. The van der Waals surface area contributed by atoms with Crippen molar-refractivity contribution in [3.8, 4) is 11.5 Å². The third kappa shape index (κ3) is 3.03. The minimum atomic E-state index is -1.06. The Labute approximate surface area is 126 Å². The summed E-state index contributed by atoms with van der Waals surface area (Å²) in [5.74, 6) is -0.707. The van der Waals surface area contributed by atoms with Crippen LogP contribution in [0.3, 0.4) is 0 Å². The average molecular weight is 308 g/mol. The largest absolute Gasteiger partial charge is 0.504 e. The predicted molar refractivity (Wildman–Crippen MR) is 81.1 cm³/mol. The van der Waals surface area contributed by atoms with E-state index in [0.29, 0.717) is 27.7 Å². The lowest BCUT2D eigenvalue weighted by atomic mass is 10.1. The van der Waals surface area contributed by atoms with E-state index >= 15 is 0 Å². The van der Waals surface area contributed by atoms with E-state index in [2.05, 4.69) is 5.32 Å². The zero-order valence-corrected chi connectivity index (χ0v) is 12.2. The number of aromatic carboxylic acids is 1. The number of carbonyl (C=O) groups is 1. The maximum absolute atomic E-state index is 11.2. The zero-order chi connectivity index (χ0) is 15.6. The Bertz CT molecular complexity index is 700. The first kappa shape index (κ1) is 15.0. The van der Waals surface area contributed by atoms with E-state index in [0.717, 1.165) is 0 Å². The van der Waals surface area contributed by atoms with Crippen LogP contribution in [-0.4, -0.2) is 23.3 Å². The second kappa shape index (κ2) is 5.93. The van der Waals surface area contributed by atoms with Gasteiger partial charge in [0.2, 0.25) is 0 Å². The molecule has 0 spiro atoms. The Morgan fingerprint density at radius 3 is 2.57 bits per heavy atom. The smallest absolute Gasteiger partial charge is 0.337 e. The lowest BCUT2D eigenvalue weighted by molar-refractivity contribution is 0.0698. The Morgan fingerprint density at radius 2 is 1.95 bits per heavy atom. The van der Waals surface area contributed by atoms with E-state index in [-0.39, 0.29) is 11.3 Å². The van der Waals surface area contributed by atoms with Crippen LogP contribution in [0.1, 0.15) is 15.9 Å². The molecule has 0 aliphatic carbocycles. The molecule has 0 aliphatic heterocycles. The van der Waals surface area contributed by atoms with Crippen LogP contribution in [0.4, 0.5) is 11.4 Å². The molecular weight excluding hydrogens is 294 g/mol. The highest BCUT2D eigenvalue weighted by atomic mass is 35.5. The number of phenols is 1. The molecule has 0 unspecified atom stereocenters. The molecular formula is C15H14ClNO4. The van der Waals surface area contributed by atoms with Gasteiger partial charge in [0.05, 0.1) is 18.4 Å². The topological polar surface area (TPSA) is 78.8 Å². The highest BCUT2D eigenvalue weighted by molar-refractivity contribution is 6.31. The molecule has 0 saturated carbocycles. The average Bonchev–Trinajstić information content (AvgIpc) is 2.42. The van der Waals surface area contributed by atoms with Crippen molar-refractivity contribution in [3.63, 3.8) is 0 Å². The number of anilines is 2. The van der Waals surface area contributed by atoms with Crippen molar-refractivity contribution in [2.75, 3.05) is 12.4 Å². The van der Waals surface area contributed by atoms with Crippen LogP contribution in [0.15, 0.2) is 30.3 Å². The number of ether oxygens (including phenoxy) is 1. The standard InChI is InChI=1S/C15H14ClNO4/c1-8-11(5-6-13(18)14(8)21-2)17-12-7-9(16)3-4-10(12)15(19)20/h3-7,17-18H,1-2H3,(H,19,20). The van der Waals surface area contributed by atoms with Crippen LogP contribution in [0.25, 0.3) is 0 Å². The number of aromatic hydroxyl groups is 1. The fourth-order valence-corrected chi connectivity index (χ4v) is 2.19. The predicted octanol–water partition coefficient (Wildman–Crippen LogP) is 3.80. The summed E-state index contributed by atoms with van der Waals surface area (Å²) in [6.07, 6.45) is 0. The second-order valence-corrected chi connectivity index (χ2v) is 4.85. The molecule has 0 bridgehead atoms. The molecule has 2 aromatic rings. The molecule has 21 heavy (non-hydrogen) atoms. The van der Waals surface area contributed by atoms with Gasteiger partial charge in [0.25, 0.3) is 0 Å². The van der Waals surface area contributed by atoms with Gasteiger partial charge in [0.1, 0.15) is 0 Å². The summed E-state index contributed by atoms with van der Waals surface area (Å²) >= 11 is 5.91. The number of hydrogen-bond acceptors (Lipinski definition) is 4. The minimum Gasteiger partial charge on any atom is -0.504 e. The molecule has 3 N–H and O–H groups in total. The number of nitrogens with one attached hydrogen (secondary N) is 1. The molecule has 2 rings (SSSR count). The number of hydrogen-bond donors (Lipinski definition) is 3. The van der Waals surface area contributed by atoms with Gasteiger partial charge in [-0.1, -0.05) is 11.6 Å². The van der Waals surface area contributed by atoms with E-state index < -0.39 is 5.97 Å². The summed E-state index contributed by atoms with van der Waals surface area (Å²) in [5, 5.41) is 22.3. The summed E-state index contributed by atoms with van der Waals surface area (Å²) in [6.45, 7) is 1.76. The van der Waals surface area contributed by atoms with Crippen molar-refractivity contribution in [2.24, 2.45) is 0 Å². The molecule has 2 aromatic carbocycles. The molecule has 6 heteroatoms. The van der Waals surface area contributed by atoms with Crippen LogP contribution < -0.4 is 10.1 Å². The molecule has 0 aliphatic rings. The fourth-order valence-electron chi connectivity index (χ4n) is 2.02. The molecule has 0 amide bonds. The van der Waals surface area contributed by atoms with Gasteiger partial charge in [-0.2, -0.15) is 0 Å². The lowest BCUT2D eigenvalue weighted by Gasteiger charge is -2.15. The summed E-state index contributed by atoms with van der Waals surface area (Å²) in [5.41, 5.74) is 1.75. The van der Waals surface area contributed by atoms with Gasteiger partial charge in [-0.05, 0) is 37.3 Å². The summed E-state index contributed by atoms with van der Waals surface area (Å²) < 4.78 is 5.12. The number of halogens is 1. The normalized spacial score (nSPS) is 10.2. The number of carboxylic acid groups (broad SMARTS) is 1. The third-order valence-corrected chi connectivity index (χ3v) is 3.31. The molecule has 0 atom stereocenters. The van der Waals surface area contributed by atoms with Crippen LogP contribution in [0, 0.1) is 6.92 Å². The Morgan fingerprint density at radius 1 is 1.24 bits per heavy atom. The first-order valence-corrected chi connectivity index (χ1v) is 6.48. The maximum Gasteiger partial charge on any atom is 0.337 e. The molecule has 110 valence electrons. The zero-order valence-electron chi connectivity index (χ0n) is 11.5.